The monoisotopic (exact) mass is 521 g/mol. The van der Waals surface area contributed by atoms with E-state index in [1.54, 1.807) is 6.92 Å². The number of hydrogen-bond acceptors (Lipinski definition) is 10. The Kier molecular flexibility index (Phi) is 12.0. The molecule has 0 aliphatic carbocycles. The Morgan fingerprint density at radius 3 is 2.51 bits per heavy atom. The van der Waals surface area contributed by atoms with Gasteiger partial charge in [0.1, 0.15) is 12.1 Å². The van der Waals surface area contributed by atoms with Crippen LogP contribution in [-0.2, 0) is 30.3 Å². The number of nitrogens with two attached hydrogens (primary N) is 1. The van der Waals surface area contributed by atoms with Crippen LogP contribution in [0.2, 0.25) is 0 Å². The third-order valence-electron chi connectivity index (χ3n) is 5.89. The largest absolute Gasteiger partial charge is 0.508 e. The van der Waals surface area contributed by atoms with Crippen molar-refractivity contribution in [3.8, 4) is 12.3 Å². The van der Waals surface area contributed by atoms with Crippen LogP contribution in [0.1, 0.15) is 65.2 Å². The smallest absolute Gasteiger partial charge is 0.461 e. The van der Waals surface area contributed by atoms with Crippen LogP contribution in [0.5, 0.6) is 0 Å². The van der Waals surface area contributed by atoms with E-state index in [4.69, 9.17) is 31.1 Å². The first-order valence-electron chi connectivity index (χ1n) is 12.5. The fourth-order valence-electron chi connectivity index (χ4n) is 3.76. The van der Waals surface area contributed by atoms with Gasteiger partial charge in [0.25, 0.3) is 0 Å². The lowest BCUT2D eigenvalue weighted by atomic mass is 9.97. The van der Waals surface area contributed by atoms with E-state index in [2.05, 4.69) is 27.8 Å². The zero-order valence-corrected chi connectivity index (χ0v) is 21.7. The van der Waals surface area contributed by atoms with Crippen molar-refractivity contribution in [2.75, 3.05) is 26.1 Å². The summed E-state index contributed by atoms with van der Waals surface area (Å²) < 4.78 is 36.6. The zero-order chi connectivity index (χ0) is 27.3. The number of terminal acetylenes is 1. The third-order valence-corrected chi connectivity index (χ3v) is 5.89. The molecule has 2 N–H and O–H groups in total. The number of methoxy groups -OCH3 is 1. The molecule has 0 amide bonds. The van der Waals surface area contributed by atoms with Gasteiger partial charge in [-0.2, -0.15) is 14.4 Å². The number of hydrogen-bond donors (Lipinski definition) is 1. The Morgan fingerprint density at radius 1 is 1.16 bits per heavy atom. The average molecular weight is 522 g/mol. The molecule has 1 unspecified atom stereocenters. The highest BCUT2D eigenvalue weighted by molar-refractivity contribution is 5.81. The summed E-state index contributed by atoms with van der Waals surface area (Å²) in [5.41, 5.74) is 4.26. The van der Waals surface area contributed by atoms with E-state index in [0.29, 0.717) is 6.42 Å². The molecule has 0 fully saturated rings. The minimum Gasteiger partial charge on any atom is -0.461 e. The molecular formula is C25H36FN5O6. The zero-order valence-electron chi connectivity index (χ0n) is 21.7. The number of rotatable bonds is 16. The first-order chi connectivity index (χ1) is 17.8. The number of unbranched alkanes of at least 4 members (excludes halogenated alkanes) is 6. The van der Waals surface area contributed by atoms with Crippen LogP contribution < -0.4 is 5.73 Å². The van der Waals surface area contributed by atoms with Crippen molar-refractivity contribution in [1.82, 2.24) is 19.5 Å². The Morgan fingerprint density at radius 2 is 1.86 bits per heavy atom. The molecule has 2 heterocycles. The van der Waals surface area contributed by atoms with E-state index < -0.39 is 36.5 Å². The predicted octanol–water partition coefficient (Wildman–Crippen LogP) is 3.79. The maximum Gasteiger partial charge on any atom is 0.508 e. The van der Waals surface area contributed by atoms with Gasteiger partial charge < -0.3 is 29.2 Å². The average Bonchev–Trinajstić information content (AvgIpc) is 3.27. The number of carbonyl (C=O) groups is 2. The van der Waals surface area contributed by atoms with Gasteiger partial charge >= 0.3 is 18.2 Å². The molecule has 0 aliphatic heterocycles. The maximum atomic E-state index is 13.8. The lowest BCUT2D eigenvalue weighted by molar-refractivity contribution is -0.159. The molecule has 2 aromatic rings. The van der Waals surface area contributed by atoms with Crippen LogP contribution in [0.3, 0.4) is 0 Å². The van der Waals surface area contributed by atoms with Crippen molar-refractivity contribution < 1.29 is 32.9 Å². The Bertz CT molecular complexity index is 1070. The first kappa shape index (κ1) is 29.8. The van der Waals surface area contributed by atoms with Gasteiger partial charge in [0.05, 0.1) is 19.5 Å². The maximum absolute atomic E-state index is 13.8. The summed E-state index contributed by atoms with van der Waals surface area (Å²) in [6, 6.07) is 0. The van der Waals surface area contributed by atoms with Crippen LogP contribution in [0.25, 0.3) is 11.2 Å². The molecule has 11 nitrogen and oxygen atoms in total. The fourth-order valence-corrected chi connectivity index (χ4v) is 3.76. The van der Waals surface area contributed by atoms with Crippen molar-refractivity contribution in [2.45, 2.75) is 83.5 Å². The summed E-state index contributed by atoms with van der Waals surface area (Å²) in [6.07, 6.45) is 11.4. The van der Waals surface area contributed by atoms with Crippen LogP contribution in [0.4, 0.5) is 15.0 Å². The summed E-state index contributed by atoms with van der Waals surface area (Å²) in [6.45, 7) is 3.25. The molecular weight excluding hydrogens is 485 g/mol. The number of anilines is 1. The van der Waals surface area contributed by atoms with Crippen molar-refractivity contribution in [3.05, 3.63) is 12.4 Å². The second-order valence-electron chi connectivity index (χ2n) is 8.51. The highest BCUT2D eigenvalue weighted by Crippen LogP contribution is 2.24. The molecule has 37 heavy (non-hydrogen) atoms. The van der Waals surface area contributed by atoms with Crippen LogP contribution in [0, 0.1) is 18.4 Å². The van der Waals surface area contributed by atoms with Gasteiger partial charge in [-0.1, -0.05) is 51.4 Å². The SMILES string of the molecule is C#CC(COC(=O)CCCCCCCCC)(OC)[C@H](Cn1cnc2c(N)nc(F)nc21)OC(=O)OCC. The van der Waals surface area contributed by atoms with E-state index in [1.807, 2.05) is 0 Å². The minimum atomic E-state index is -1.68. The second kappa shape index (κ2) is 14.9. The summed E-state index contributed by atoms with van der Waals surface area (Å²) in [7, 11) is 1.30. The molecule has 0 aromatic carbocycles. The molecule has 12 heteroatoms. The van der Waals surface area contributed by atoms with Crippen LogP contribution in [-0.4, -0.2) is 63.7 Å². The van der Waals surface area contributed by atoms with Crippen molar-refractivity contribution >= 4 is 29.1 Å². The third kappa shape index (κ3) is 8.56. The molecule has 0 bridgehead atoms. The van der Waals surface area contributed by atoms with Crippen molar-refractivity contribution in [3.63, 3.8) is 0 Å². The summed E-state index contributed by atoms with van der Waals surface area (Å²) in [4.78, 5) is 35.9. The first-order valence-corrected chi connectivity index (χ1v) is 12.5. The fraction of sp³-hybridized carbons (Fsp3) is 0.640. The Balaban J connectivity index is 2.14. The number of fused-ring (bicyclic) bond motifs is 1. The molecule has 204 valence electrons. The molecule has 0 saturated heterocycles. The van der Waals surface area contributed by atoms with E-state index in [1.165, 1.54) is 37.3 Å². The molecule has 2 atom stereocenters. The topological polar surface area (TPSA) is 141 Å². The Hall–Kier alpha value is -3.46. The standard InChI is InChI=1S/C25H36FN5O6/c1-5-8-9-10-11-12-13-14-19(32)36-16-25(6-2,34-4)18(37-24(33)35-7-3)15-31-17-28-20-21(27)29-23(26)30-22(20)31/h2,17-18H,5,7-16H2,1,3-4H3,(H2,27,29,30)/t18-,25?/m0/s1. The summed E-state index contributed by atoms with van der Waals surface area (Å²) in [5, 5.41) is 0. The van der Waals surface area contributed by atoms with Gasteiger partial charge in [0, 0.05) is 13.5 Å². The number of carbonyl (C=O) groups excluding carboxylic acids is 2. The van der Waals surface area contributed by atoms with Crippen molar-refractivity contribution in [2.24, 2.45) is 0 Å². The van der Waals surface area contributed by atoms with Gasteiger partial charge in [0.15, 0.2) is 17.6 Å². The molecule has 0 saturated carbocycles. The number of aromatic nitrogens is 4. The van der Waals surface area contributed by atoms with Crippen LogP contribution >= 0.6 is 0 Å². The highest BCUT2D eigenvalue weighted by Gasteiger charge is 2.43. The Labute approximate surface area is 216 Å². The van der Waals surface area contributed by atoms with E-state index >= 15 is 0 Å². The minimum absolute atomic E-state index is 0.0536. The number of nitrogen functional groups attached to an aromatic ring is 1. The molecule has 0 aliphatic rings. The molecule has 0 spiro atoms. The number of nitrogens with zero attached hydrogens (tertiary/aromatic N) is 4. The van der Waals surface area contributed by atoms with Gasteiger partial charge in [0.2, 0.25) is 5.60 Å². The predicted molar refractivity (Wildman–Crippen MR) is 134 cm³/mol. The van der Waals surface area contributed by atoms with E-state index in [9.17, 15) is 14.0 Å². The number of halogens is 1. The van der Waals surface area contributed by atoms with Gasteiger partial charge in [-0.15, -0.1) is 6.42 Å². The molecule has 2 rings (SSSR count). The quantitative estimate of drug-likeness (QED) is 0.150. The van der Waals surface area contributed by atoms with E-state index in [0.717, 1.165) is 19.3 Å². The van der Waals surface area contributed by atoms with Gasteiger partial charge in [-0.3, -0.25) is 4.79 Å². The normalized spacial score (nSPS) is 13.5. The lowest BCUT2D eigenvalue weighted by Gasteiger charge is -2.34. The van der Waals surface area contributed by atoms with E-state index in [-0.39, 0.29) is 36.6 Å². The number of imidazole rings is 1. The van der Waals surface area contributed by atoms with Crippen LogP contribution in [0.15, 0.2) is 6.33 Å². The van der Waals surface area contributed by atoms with Gasteiger partial charge in [-0.25, -0.2) is 9.78 Å². The second-order valence-corrected chi connectivity index (χ2v) is 8.51. The van der Waals surface area contributed by atoms with Crippen molar-refractivity contribution in [1.29, 1.82) is 0 Å². The highest BCUT2D eigenvalue weighted by atomic mass is 19.1. The number of esters is 1. The summed E-state index contributed by atoms with van der Waals surface area (Å²) >= 11 is 0. The molecule has 0 radical (unpaired) electrons. The molecule has 2 aromatic heterocycles. The van der Waals surface area contributed by atoms with Gasteiger partial charge in [-0.05, 0) is 13.3 Å². The lowest BCUT2D eigenvalue weighted by Crippen LogP contribution is -2.51. The summed E-state index contributed by atoms with van der Waals surface area (Å²) in [5.74, 6) is 1.85. The number of ether oxygens (including phenoxy) is 4.